The van der Waals surface area contributed by atoms with Crippen molar-refractivity contribution < 1.29 is 10.0 Å². The molecule has 0 heterocycles. The smallest absolute Gasteiger partial charge is 0.252 e. The number of carbonyl (C=O) groups excluding carboxylic acids is 1. The van der Waals surface area contributed by atoms with Crippen molar-refractivity contribution in [3.8, 4) is 0 Å². The van der Waals surface area contributed by atoms with Crippen molar-refractivity contribution >= 4 is 39.3 Å². The number of benzene rings is 1. The number of amidine groups is 1. The Labute approximate surface area is 105 Å². The van der Waals surface area contributed by atoms with Gasteiger partial charge in [-0.2, -0.15) is 0 Å². The zero-order valence-corrected chi connectivity index (χ0v) is 10.4. The minimum absolute atomic E-state index is 0.0234. The molecule has 0 saturated heterocycles. The summed E-state index contributed by atoms with van der Waals surface area (Å²) in [7, 11) is 0. The zero-order chi connectivity index (χ0) is 12.1. The second-order valence-electron chi connectivity index (χ2n) is 2.90. The molecule has 86 valence electrons. The highest BCUT2D eigenvalue weighted by atomic mass is 79.9. The molecule has 0 unspecified atom stereocenters. The van der Waals surface area contributed by atoms with Crippen molar-refractivity contribution in [3.63, 3.8) is 0 Å². The van der Waals surface area contributed by atoms with Crippen LogP contribution in [-0.2, 0) is 0 Å². The Morgan fingerprint density at radius 2 is 2.31 bits per heavy atom. The molecule has 7 heteroatoms. The first-order chi connectivity index (χ1) is 7.54. The molecule has 5 nitrogen and oxygen atoms in total. The topological polar surface area (TPSA) is 87.7 Å². The second kappa shape index (κ2) is 5.72. The summed E-state index contributed by atoms with van der Waals surface area (Å²) in [6.07, 6.45) is 0. The molecule has 1 aromatic rings. The Bertz CT molecular complexity index is 437. The lowest BCUT2D eigenvalue weighted by Crippen LogP contribution is -2.33. The quantitative estimate of drug-likeness (QED) is 0.343. The van der Waals surface area contributed by atoms with Gasteiger partial charge in [0, 0.05) is 9.50 Å². The number of rotatable bonds is 3. The Hall–Kier alpha value is -1.27. The van der Waals surface area contributed by atoms with Gasteiger partial charge in [-0.15, -0.1) is 0 Å². The third-order valence-corrected chi connectivity index (χ3v) is 2.63. The van der Waals surface area contributed by atoms with E-state index in [0.717, 1.165) is 0 Å². The van der Waals surface area contributed by atoms with Gasteiger partial charge in [-0.3, -0.25) is 4.79 Å². The van der Waals surface area contributed by atoms with Crippen LogP contribution >= 0.6 is 27.5 Å². The van der Waals surface area contributed by atoms with E-state index in [4.69, 9.17) is 22.5 Å². The van der Waals surface area contributed by atoms with E-state index in [1.807, 2.05) is 0 Å². The van der Waals surface area contributed by atoms with Crippen LogP contribution < -0.4 is 11.1 Å². The fraction of sp³-hybridized carbons (Fsp3) is 0.111. The van der Waals surface area contributed by atoms with E-state index in [2.05, 4.69) is 26.4 Å². The SMILES string of the molecule is N/C(CNC(=O)c1ccc(Cl)cc1Br)=N/O. The van der Waals surface area contributed by atoms with Gasteiger partial charge in [0.2, 0.25) is 0 Å². The van der Waals surface area contributed by atoms with Crippen LogP contribution in [0.5, 0.6) is 0 Å². The number of carbonyl (C=O) groups is 1. The number of amides is 1. The van der Waals surface area contributed by atoms with Gasteiger partial charge in [-0.25, -0.2) is 0 Å². The van der Waals surface area contributed by atoms with Gasteiger partial charge in [0.1, 0.15) is 0 Å². The van der Waals surface area contributed by atoms with Crippen molar-refractivity contribution in [3.05, 3.63) is 33.3 Å². The average molecular weight is 307 g/mol. The zero-order valence-electron chi connectivity index (χ0n) is 8.08. The maximum Gasteiger partial charge on any atom is 0.252 e. The molecule has 1 rings (SSSR count). The Kier molecular flexibility index (Phi) is 4.57. The summed E-state index contributed by atoms with van der Waals surface area (Å²) in [6, 6.07) is 4.79. The molecule has 4 N–H and O–H groups in total. The van der Waals surface area contributed by atoms with Crippen molar-refractivity contribution in [1.29, 1.82) is 0 Å². The van der Waals surface area contributed by atoms with Crippen molar-refractivity contribution in [1.82, 2.24) is 5.32 Å². The van der Waals surface area contributed by atoms with Crippen LogP contribution in [0.25, 0.3) is 0 Å². The predicted octanol–water partition coefficient (Wildman–Crippen LogP) is 1.58. The van der Waals surface area contributed by atoms with Crippen molar-refractivity contribution in [2.75, 3.05) is 6.54 Å². The summed E-state index contributed by atoms with van der Waals surface area (Å²) in [5.41, 5.74) is 5.64. The van der Waals surface area contributed by atoms with E-state index in [-0.39, 0.29) is 18.3 Å². The lowest BCUT2D eigenvalue weighted by molar-refractivity contribution is 0.0958. The van der Waals surface area contributed by atoms with Gasteiger partial charge in [-0.05, 0) is 34.1 Å². The molecular formula is C9H9BrClN3O2. The van der Waals surface area contributed by atoms with Gasteiger partial charge in [0.05, 0.1) is 12.1 Å². The van der Waals surface area contributed by atoms with Crippen molar-refractivity contribution in [2.45, 2.75) is 0 Å². The molecule has 0 aromatic heterocycles. The number of halogens is 2. The number of nitrogens with two attached hydrogens (primary N) is 1. The number of nitrogens with one attached hydrogen (secondary N) is 1. The van der Waals surface area contributed by atoms with Crippen LogP contribution in [0.1, 0.15) is 10.4 Å². The van der Waals surface area contributed by atoms with E-state index in [9.17, 15) is 4.79 Å². The normalized spacial score (nSPS) is 11.2. The summed E-state index contributed by atoms with van der Waals surface area (Å²) < 4.78 is 0.581. The maximum absolute atomic E-state index is 11.6. The van der Waals surface area contributed by atoms with Crippen LogP contribution in [0.4, 0.5) is 0 Å². The van der Waals surface area contributed by atoms with Gasteiger partial charge < -0.3 is 16.3 Å². The number of nitrogens with zero attached hydrogens (tertiary/aromatic N) is 1. The standard InChI is InChI=1S/C9H9BrClN3O2/c10-7-3-5(11)1-2-6(7)9(15)13-4-8(12)14-16/h1-3,16H,4H2,(H2,12,14)(H,13,15). The summed E-state index contributed by atoms with van der Waals surface area (Å²) in [4.78, 5) is 11.6. The van der Waals surface area contributed by atoms with E-state index < -0.39 is 0 Å². The molecule has 0 spiro atoms. The lowest BCUT2D eigenvalue weighted by Gasteiger charge is -2.06. The van der Waals surface area contributed by atoms with Gasteiger partial charge >= 0.3 is 0 Å². The van der Waals surface area contributed by atoms with Crippen LogP contribution in [-0.4, -0.2) is 23.5 Å². The molecule has 0 saturated carbocycles. The fourth-order valence-corrected chi connectivity index (χ4v) is 1.84. The number of hydrogen-bond donors (Lipinski definition) is 3. The molecule has 1 aromatic carbocycles. The van der Waals surface area contributed by atoms with E-state index in [1.54, 1.807) is 18.2 Å². The highest BCUT2D eigenvalue weighted by Crippen LogP contribution is 2.21. The minimum Gasteiger partial charge on any atom is -0.409 e. The fourth-order valence-electron chi connectivity index (χ4n) is 0.975. The Morgan fingerprint density at radius 1 is 1.62 bits per heavy atom. The van der Waals surface area contributed by atoms with Crippen LogP contribution in [0.2, 0.25) is 5.02 Å². The largest absolute Gasteiger partial charge is 0.409 e. The maximum atomic E-state index is 11.6. The number of hydrogen-bond acceptors (Lipinski definition) is 3. The molecule has 16 heavy (non-hydrogen) atoms. The lowest BCUT2D eigenvalue weighted by atomic mass is 10.2. The molecule has 0 fully saturated rings. The number of oxime groups is 1. The molecule has 0 bridgehead atoms. The molecule has 0 radical (unpaired) electrons. The third kappa shape index (κ3) is 3.39. The van der Waals surface area contributed by atoms with Gasteiger partial charge in [-0.1, -0.05) is 16.8 Å². The summed E-state index contributed by atoms with van der Waals surface area (Å²) in [5.74, 6) is -0.409. The molecule has 0 aliphatic heterocycles. The van der Waals surface area contributed by atoms with Crippen LogP contribution in [0, 0.1) is 0 Å². The predicted molar refractivity (Wildman–Crippen MR) is 64.9 cm³/mol. The molecule has 0 aliphatic carbocycles. The molecule has 0 atom stereocenters. The summed E-state index contributed by atoms with van der Waals surface area (Å²) in [6.45, 7) is -0.0234. The first kappa shape index (κ1) is 12.8. The van der Waals surface area contributed by atoms with Crippen LogP contribution in [0.3, 0.4) is 0 Å². The summed E-state index contributed by atoms with van der Waals surface area (Å²) >= 11 is 8.95. The second-order valence-corrected chi connectivity index (χ2v) is 4.19. The Morgan fingerprint density at radius 3 is 2.88 bits per heavy atom. The summed E-state index contributed by atoms with van der Waals surface area (Å²) in [5, 5.41) is 14.0. The molecular weight excluding hydrogens is 297 g/mol. The highest BCUT2D eigenvalue weighted by molar-refractivity contribution is 9.10. The first-order valence-electron chi connectivity index (χ1n) is 4.24. The van der Waals surface area contributed by atoms with Gasteiger partial charge in [0.25, 0.3) is 5.91 Å². The van der Waals surface area contributed by atoms with Gasteiger partial charge in [0.15, 0.2) is 5.84 Å². The average Bonchev–Trinajstić information content (AvgIpc) is 2.25. The molecule has 1 amide bonds. The molecule has 0 aliphatic rings. The first-order valence-corrected chi connectivity index (χ1v) is 5.41. The third-order valence-electron chi connectivity index (χ3n) is 1.73. The van der Waals surface area contributed by atoms with Crippen LogP contribution in [0.15, 0.2) is 27.8 Å². The van der Waals surface area contributed by atoms with E-state index >= 15 is 0 Å². The minimum atomic E-state index is -0.338. The monoisotopic (exact) mass is 305 g/mol. The Balaban J connectivity index is 2.74. The van der Waals surface area contributed by atoms with E-state index in [1.165, 1.54) is 0 Å². The van der Waals surface area contributed by atoms with Crippen molar-refractivity contribution in [2.24, 2.45) is 10.9 Å². The van der Waals surface area contributed by atoms with E-state index in [0.29, 0.717) is 15.1 Å². The highest BCUT2D eigenvalue weighted by Gasteiger charge is 2.10.